The Labute approximate surface area is 130 Å². The van der Waals surface area contributed by atoms with Crippen molar-refractivity contribution >= 4 is 24.8 Å². The van der Waals surface area contributed by atoms with Crippen LogP contribution < -0.4 is 4.52 Å². The number of nitrogens with zero attached hydrogens (tertiary/aromatic N) is 1. The van der Waals surface area contributed by atoms with Crippen LogP contribution in [0.25, 0.3) is 0 Å². The van der Waals surface area contributed by atoms with Gasteiger partial charge in [0, 0.05) is 18.6 Å². The Balaban J connectivity index is 1.73. The summed E-state index contributed by atoms with van der Waals surface area (Å²) in [6.07, 6.45) is 0.244. The number of thiophene rings is 1. The summed E-state index contributed by atoms with van der Waals surface area (Å²) in [7, 11) is -3.74. The van der Waals surface area contributed by atoms with Crippen molar-refractivity contribution in [2.75, 3.05) is 6.61 Å². The van der Waals surface area contributed by atoms with E-state index in [1.165, 1.54) is 35.6 Å². The third-order valence-corrected chi connectivity index (χ3v) is 5.21. The van der Waals surface area contributed by atoms with Gasteiger partial charge in [0.2, 0.25) is 0 Å². The molecule has 0 spiro atoms. The van der Waals surface area contributed by atoms with E-state index >= 15 is 0 Å². The largest absolute Gasteiger partial charge is 0.530 e. The Hall–Kier alpha value is -1.73. The van der Waals surface area contributed by atoms with Gasteiger partial charge in [0.05, 0.1) is 17.6 Å². The first-order valence-corrected chi connectivity index (χ1v) is 8.85. The molecule has 0 N–H and O–H groups in total. The first-order chi connectivity index (χ1) is 10.6. The molecule has 0 saturated carbocycles. The van der Waals surface area contributed by atoms with Crippen molar-refractivity contribution in [3.05, 3.63) is 56.8 Å². The van der Waals surface area contributed by atoms with Crippen LogP contribution in [0, 0.1) is 10.1 Å². The van der Waals surface area contributed by atoms with E-state index in [1.807, 2.05) is 16.8 Å². The van der Waals surface area contributed by atoms with Crippen LogP contribution in [0.3, 0.4) is 0 Å². The average molecular weight is 341 g/mol. The molecule has 1 aromatic heterocycles. The standard InChI is InChI=1S/C13H12NO6PS/c15-14(16)11-1-3-12(4-2-11)19-21(17)18-7-5-13(20-21)10-6-8-22-9-10/h1-4,6,8-9,13H,5,7H2. The van der Waals surface area contributed by atoms with Gasteiger partial charge in [0.1, 0.15) is 5.75 Å². The van der Waals surface area contributed by atoms with E-state index in [9.17, 15) is 14.7 Å². The second kappa shape index (κ2) is 6.18. The highest BCUT2D eigenvalue weighted by Crippen LogP contribution is 2.56. The van der Waals surface area contributed by atoms with Crippen molar-refractivity contribution in [1.29, 1.82) is 0 Å². The van der Waals surface area contributed by atoms with Crippen molar-refractivity contribution < 1.29 is 23.1 Å². The molecule has 0 bridgehead atoms. The van der Waals surface area contributed by atoms with Gasteiger partial charge in [-0.2, -0.15) is 11.3 Å². The maximum atomic E-state index is 12.5. The number of nitro benzene ring substituents is 1. The van der Waals surface area contributed by atoms with Gasteiger partial charge in [0.15, 0.2) is 0 Å². The molecule has 1 fully saturated rings. The molecule has 2 unspecified atom stereocenters. The van der Waals surface area contributed by atoms with E-state index in [2.05, 4.69) is 0 Å². The molecule has 0 aliphatic carbocycles. The molecule has 1 aliphatic heterocycles. The number of nitro groups is 1. The lowest BCUT2D eigenvalue weighted by Crippen LogP contribution is -2.16. The number of benzene rings is 1. The molecule has 1 saturated heterocycles. The van der Waals surface area contributed by atoms with Crippen LogP contribution in [0.5, 0.6) is 5.75 Å². The van der Waals surface area contributed by atoms with Gasteiger partial charge in [0.25, 0.3) is 5.69 Å². The van der Waals surface area contributed by atoms with Gasteiger partial charge >= 0.3 is 7.82 Å². The Morgan fingerprint density at radius 1 is 1.32 bits per heavy atom. The van der Waals surface area contributed by atoms with Gasteiger partial charge in [-0.3, -0.25) is 19.2 Å². The second-order valence-corrected chi connectivity index (χ2v) is 6.89. The molecule has 2 heterocycles. The van der Waals surface area contributed by atoms with Crippen molar-refractivity contribution in [3.63, 3.8) is 0 Å². The smallest absolute Gasteiger partial charge is 0.404 e. The van der Waals surface area contributed by atoms with Crippen molar-refractivity contribution in [3.8, 4) is 5.75 Å². The zero-order chi connectivity index (χ0) is 15.6. The predicted octanol–water partition coefficient (Wildman–Crippen LogP) is 4.32. The molecule has 0 amide bonds. The van der Waals surface area contributed by atoms with E-state index < -0.39 is 12.7 Å². The van der Waals surface area contributed by atoms with E-state index in [4.69, 9.17) is 13.6 Å². The maximum absolute atomic E-state index is 12.5. The van der Waals surface area contributed by atoms with E-state index in [1.54, 1.807) is 0 Å². The van der Waals surface area contributed by atoms with Crippen LogP contribution in [0.4, 0.5) is 5.69 Å². The fourth-order valence-corrected chi connectivity index (χ4v) is 4.11. The highest BCUT2D eigenvalue weighted by atomic mass is 32.1. The van der Waals surface area contributed by atoms with Crippen LogP contribution in [0.1, 0.15) is 18.1 Å². The number of hydrogen-bond acceptors (Lipinski definition) is 7. The summed E-state index contributed by atoms with van der Waals surface area (Å²) in [5.74, 6) is 0.194. The minimum absolute atomic E-state index is 0.0766. The Morgan fingerprint density at radius 2 is 2.09 bits per heavy atom. The van der Waals surface area contributed by atoms with E-state index in [0.717, 1.165) is 5.56 Å². The minimum Gasteiger partial charge on any atom is -0.404 e. The summed E-state index contributed by atoms with van der Waals surface area (Å²) >= 11 is 1.53. The summed E-state index contributed by atoms with van der Waals surface area (Å²) in [5, 5.41) is 14.4. The molecule has 116 valence electrons. The number of phosphoric acid groups is 1. The number of rotatable bonds is 4. The molecule has 1 aliphatic rings. The summed E-state index contributed by atoms with van der Waals surface area (Å²) < 4.78 is 28.5. The monoisotopic (exact) mass is 341 g/mol. The van der Waals surface area contributed by atoms with Crippen molar-refractivity contribution in [2.24, 2.45) is 0 Å². The summed E-state index contributed by atoms with van der Waals surface area (Å²) in [6, 6.07) is 7.15. The highest BCUT2D eigenvalue weighted by Gasteiger charge is 2.37. The quantitative estimate of drug-likeness (QED) is 0.467. The van der Waals surface area contributed by atoms with Gasteiger partial charge in [-0.1, -0.05) is 0 Å². The lowest BCUT2D eigenvalue weighted by atomic mass is 10.1. The SMILES string of the molecule is O=[N+]([O-])c1ccc(OP2(=O)OCCC(c3ccsc3)O2)cc1. The third kappa shape index (κ3) is 3.36. The van der Waals surface area contributed by atoms with Gasteiger partial charge < -0.3 is 4.52 Å². The maximum Gasteiger partial charge on any atom is 0.530 e. The number of phosphoric ester groups is 1. The van der Waals surface area contributed by atoms with Crippen LogP contribution in [-0.4, -0.2) is 11.5 Å². The molecule has 2 atom stereocenters. The Bertz CT molecular complexity index is 702. The average Bonchev–Trinajstić information content (AvgIpc) is 3.01. The fraction of sp³-hybridized carbons (Fsp3) is 0.231. The van der Waals surface area contributed by atoms with Crippen LogP contribution in [-0.2, 0) is 13.6 Å². The first kappa shape index (κ1) is 15.2. The lowest BCUT2D eigenvalue weighted by molar-refractivity contribution is -0.384. The molecule has 2 aromatic rings. The van der Waals surface area contributed by atoms with Crippen LogP contribution >= 0.6 is 19.2 Å². The molecule has 7 nitrogen and oxygen atoms in total. The fourth-order valence-electron chi connectivity index (χ4n) is 2.00. The van der Waals surface area contributed by atoms with Crippen molar-refractivity contribution in [1.82, 2.24) is 0 Å². The topological polar surface area (TPSA) is 87.9 Å². The van der Waals surface area contributed by atoms with Gasteiger partial charge in [-0.05, 0) is 34.5 Å². The third-order valence-electron chi connectivity index (χ3n) is 3.07. The highest BCUT2D eigenvalue weighted by molar-refractivity contribution is 7.49. The van der Waals surface area contributed by atoms with Crippen LogP contribution in [0.2, 0.25) is 0 Å². The Morgan fingerprint density at radius 3 is 2.73 bits per heavy atom. The zero-order valence-electron chi connectivity index (χ0n) is 11.3. The van der Waals surface area contributed by atoms with Crippen LogP contribution in [0.15, 0.2) is 41.1 Å². The van der Waals surface area contributed by atoms with E-state index in [0.29, 0.717) is 6.42 Å². The second-order valence-electron chi connectivity index (χ2n) is 4.56. The molecule has 22 heavy (non-hydrogen) atoms. The normalized spacial score (nSPS) is 24.8. The molecule has 9 heteroatoms. The minimum atomic E-state index is -3.74. The van der Waals surface area contributed by atoms with Crippen molar-refractivity contribution in [2.45, 2.75) is 12.5 Å². The number of hydrogen-bond donors (Lipinski definition) is 0. The zero-order valence-corrected chi connectivity index (χ0v) is 13.0. The number of non-ortho nitro benzene ring substituents is 1. The first-order valence-electron chi connectivity index (χ1n) is 6.45. The summed E-state index contributed by atoms with van der Waals surface area (Å²) in [6.45, 7) is 0.255. The Kier molecular flexibility index (Phi) is 4.26. The van der Waals surface area contributed by atoms with E-state index in [-0.39, 0.29) is 24.1 Å². The molecular formula is C13H12NO6PS. The van der Waals surface area contributed by atoms with Gasteiger partial charge in [-0.25, -0.2) is 4.57 Å². The summed E-state index contributed by atoms with van der Waals surface area (Å²) in [4.78, 5) is 10.1. The molecule has 1 aromatic carbocycles. The molecular weight excluding hydrogens is 329 g/mol. The predicted molar refractivity (Wildman–Crippen MR) is 80.0 cm³/mol. The van der Waals surface area contributed by atoms with Gasteiger partial charge in [-0.15, -0.1) is 0 Å². The summed E-state index contributed by atoms with van der Waals surface area (Å²) in [5.41, 5.74) is 0.855. The lowest BCUT2D eigenvalue weighted by Gasteiger charge is -2.28. The molecule has 0 radical (unpaired) electrons. The molecule has 3 rings (SSSR count).